The normalized spacial score (nSPS) is 11.5. The fourth-order valence-corrected chi connectivity index (χ4v) is 5.70. The standard InChI is InChI=1S/C37H30O5S/c1-3-40-32-18-16-26-22-30(14-12-28(26)24-32)34-8-4-6-10-36(34)37-11-7-5-9-35(37)31-15-13-29-25-33(19-17-27(29)23-31)41-20-21-42-43(2,38)39/h3-19,22-25H,1,20-21H2,2H3. The predicted octanol–water partition coefficient (Wildman–Crippen LogP) is 8.87. The lowest BCUT2D eigenvalue weighted by molar-refractivity contribution is 0.222. The first-order valence-electron chi connectivity index (χ1n) is 13.9. The van der Waals surface area contributed by atoms with Gasteiger partial charge in [-0.05, 0) is 91.3 Å². The molecule has 0 aliphatic rings. The molecule has 0 amide bonds. The molecule has 6 rings (SSSR count). The van der Waals surface area contributed by atoms with Crippen molar-refractivity contribution in [3.63, 3.8) is 0 Å². The van der Waals surface area contributed by atoms with Crippen molar-refractivity contribution >= 4 is 31.7 Å². The highest BCUT2D eigenvalue weighted by molar-refractivity contribution is 7.85. The summed E-state index contributed by atoms with van der Waals surface area (Å²) in [5.74, 6) is 1.43. The van der Waals surface area contributed by atoms with Crippen molar-refractivity contribution in [1.82, 2.24) is 0 Å². The van der Waals surface area contributed by atoms with Crippen molar-refractivity contribution in [2.75, 3.05) is 19.5 Å². The maximum Gasteiger partial charge on any atom is 0.264 e. The number of fused-ring (bicyclic) bond motifs is 2. The summed E-state index contributed by atoms with van der Waals surface area (Å²) in [5, 5.41) is 4.35. The zero-order valence-electron chi connectivity index (χ0n) is 23.7. The summed E-state index contributed by atoms with van der Waals surface area (Å²) in [6, 6.07) is 41.8. The van der Waals surface area contributed by atoms with Crippen molar-refractivity contribution in [2.45, 2.75) is 0 Å². The minimum Gasteiger partial charge on any atom is -0.491 e. The predicted molar refractivity (Wildman–Crippen MR) is 175 cm³/mol. The number of hydrogen-bond donors (Lipinski definition) is 0. The molecule has 0 aliphatic carbocycles. The first-order valence-corrected chi connectivity index (χ1v) is 15.7. The van der Waals surface area contributed by atoms with E-state index in [1.165, 1.54) is 6.26 Å². The van der Waals surface area contributed by atoms with Gasteiger partial charge in [-0.3, -0.25) is 4.18 Å². The Hall–Kier alpha value is -4.91. The lowest BCUT2D eigenvalue weighted by Gasteiger charge is -2.16. The molecule has 0 unspecified atom stereocenters. The summed E-state index contributed by atoms with van der Waals surface area (Å²) < 4.78 is 38.2. The number of ether oxygens (including phenoxy) is 2. The van der Waals surface area contributed by atoms with Crippen LogP contribution in [0, 0.1) is 0 Å². The molecular weight excluding hydrogens is 556 g/mol. The van der Waals surface area contributed by atoms with E-state index in [1.54, 1.807) is 0 Å². The first-order chi connectivity index (χ1) is 20.9. The smallest absolute Gasteiger partial charge is 0.264 e. The van der Waals surface area contributed by atoms with E-state index in [-0.39, 0.29) is 13.2 Å². The molecule has 0 bridgehead atoms. The van der Waals surface area contributed by atoms with E-state index < -0.39 is 10.1 Å². The summed E-state index contributed by atoms with van der Waals surface area (Å²) in [7, 11) is -3.49. The Kier molecular flexibility index (Phi) is 7.97. The van der Waals surface area contributed by atoms with Gasteiger partial charge in [0.15, 0.2) is 0 Å². The average Bonchev–Trinajstić information content (AvgIpc) is 3.02. The second-order valence-electron chi connectivity index (χ2n) is 10.2. The molecule has 0 N–H and O–H groups in total. The number of hydrogen-bond acceptors (Lipinski definition) is 5. The first kappa shape index (κ1) is 28.2. The molecule has 6 aromatic rings. The average molecular weight is 587 g/mol. The zero-order chi connectivity index (χ0) is 29.8. The van der Waals surface area contributed by atoms with Crippen LogP contribution in [0.2, 0.25) is 0 Å². The lowest BCUT2D eigenvalue weighted by atomic mass is 9.88. The Labute approximate surface area is 251 Å². The van der Waals surface area contributed by atoms with Gasteiger partial charge in [0.1, 0.15) is 24.7 Å². The van der Waals surface area contributed by atoms with Crippen LogP contribution in [-0.2, 0) is 14.3 Å². The van der Waals surface area contributed by atoms with E-state index in [1.807, 2.05) is 30.3 Å². The third kappa shape index (κ3) is 6.46. The molecule has 0 saturated carbocycles. The fourth-order valence-electron chi connectivity index (χ4n) is 5.33. The van der Waals surface area contributed by atoms with E-state index in [0.29, 0.717) is 5.75 Å². The number of benzene rings is 6. The van der Waals surface area contributed by atoms with Crippen molar-refractivity contribution in [3.05, 3.63) is 134 Å². The Morgan fingerprint density at radius 1 is 0.581 bits per heavy atom. The molecule has 43 heavy (non-hydrogen) atoms. The van der Waals surface area contributed by atoms with Gasteiger partial charge in [0, 0.05) is 0 Å². The van der Waals surface area contributed by atoms with Gasteiger partial charge in [-0.25, -0.2) is 0 Å². The molecule has 0 aliphatic heterocycles. The van der Waals surface area contributed by atoms with Crippen molar-refractivity contribution in [1.29, 1.82) is 0 Å². The molecule has 0 aromatic heterocycles. The molecule has 214 valence electrons. The maximum atomic E-state index is 11.2. The van der Waals surface area contributed by atoms with Crippen LogP contribution in [0.4, 0.5) is 0 Å². The van der Waals surface area contributed by atoms with Crippen molar-refractivity contribution < 1.29 is 22.1 Å². The molecule has 6 heteroatoms. The van der Waals surface area contributed by atoms with E-state index in [9.17, 15) is 8.42 Å². The number of rotatable bonds is 10. The summed E-state index contributed by atoms with van der Waals surface area (Å²) >= 11 is 0. The SMILES string of the molecule is C=COc1ccc2cc(-c3ccccc3-c3ccccc3-c3ccc4cc(OCCOS(C)(=O)=O)ccc4c3)ccc2c1. The van der Waals surface area contributed by atoms with Gasteiger partial charge >= 0.3 is 0 Å². The Bertz CT molecular complexity index is 2060. The Morgan fingerprint density at radius 2 is 1.05 bits per heavy atom. The van der Waals surface area contributed by atoms with Crippen LogP contribution in [0.25, 0.3) is 54.9 Å². The summed E-state index contributed by atoms with van der Waals surface area (Å²) in [5.41, 5.74) is 6.86. The fraction of sp³-hybridized carbons (Fsp3) is 0.0811. The highest BCUT2D eigenvalue weighted by atomic mass is 32.2. The van der Waals surface area contributed by atoms with E-state index in [4.69, 9.17) is 13.7 Å². The molecule has 0 saturated heterocycles. The Balaban J connectivity index is 1.32. The summed E-state index contributed by atoms with van der Waals surface area (Å²) in [4.78, 5) is 0. The minimum absolute atomic E-state index is 0.0289. The zero-order valence-corrected chi connectivity index (χ0v) is 24.5. The van der Waals surface area contributed by atoms with E-state index in [2.05, 4.69) is 97.6 Å². The van der Waals surface area contributed by atoms with Gasteiger partial charge in [0.2, 0.25) is 0 Å². The molecule has 0 spiro atoms. The molecule has 0 heterocycles. The van der Waals surface area contributed by atoms with Crippen LogP contribution in [0.3, 0.4) is 0 Å². The van der Waals surface area contributed by atoms with E-state index >= 15 is 0 Å². The molecule has 0 atom stereocenters. The van der Waals surface area contributed by atoms with Gasteiger partial charge in [0.25, 0.3) is 10.1 Å². The van der Waals surface area contributed by atoms with Crippen LogP contribution in [0.15, 0.2) is 134 Å². The third-order valence-electron chi connectivity index (χ3n) is 7.26. The monoisotopic (exact) mass is 586 g/mol. The van der Waals surface area contributed by atoms with Gasteiger partial charge < -0.3 is 9.47 Å². The molecule has 0 fully saturated rings. The molecule has 6 aromatic carbocycles. The quantitative estimate of drug-likeness (QED) is 0.0911. The van der Waals surface area contributed by atoms with Gasteiger partial charge in [-0.1, -0.05) is 91.5 Å². The van der Waals surface area contributed by atoms with Gasteiger partial charge in [-0.15, -0.1) is 0 Å². The molecule has 0 radical (unpaired) electrons. The summed E-state index contributed by atoms with van der Waals surface area (Å²) in [6.07, 6.45) is 2.46. The largest absolute Gasteiger partial charge is 0.491 e. The van der Waals surface area contributed by atoms with Crippen LogP contribution < -0.4 is 9.47 Å². The van der Waals surface area contributed by atoms with Gasteiger partial charge in [-0.2, -0.15) is 8.42 Å². The van der Waals surface area contributed by atoms with Crippen LogP contribution in [0.1, 0.15) is 0 Å². The van der Waals surface area contributed by atoms with Crippen LogP contribution >= 0.6 is 0 Å². The highest BCUT2D eigenvalue weighted by Gasteiger charge is 2.13. The van der Waals surface area contributed by atoms with Crippen molar-refractivity contribution in [2.24, 2.45) is 0 Å². The second kappa shape index (κ2) is 12.1. The van der Waals surface area contributed by atoms with Crippen LogP contribution in [-0.4, -0.2) is 27.9 Å². The topological polar surface area (TPSA) is 61.8 Å². The summed E-state index contributed by atoms with van der Waals surface area (Å²) in [6.45, 7) is 3.76. The highest BCUT2D eigenvalue weighted by Crippen LogP contribution is 2.39. The maximum absolute atomic E-state index is 11.2. The molecular formula is C37H30O5S. The van der Waals surface area contributed by atoms with Gasteiger partial charge in [0.05, 0.1) is 12.5 Å². The van der Waals surface area contributed by atoms with Crippen LogP contribution in [0.5, 0.6) is 11.5 Å². The third-order valence-corrected chi connectivity index (χ3v) is 7.85. The Morgan fingerprint density at radius 3 is 1.58 bits per heavy atom. The molecule has 5 nitrogen and oxygen atoms in total. The van der Waals surface area contributed by atoms with E-state index in [0.717, 1.165) is 66.9 Å². The lowest BCUT2D eigenvalue weighted by Crippen LogP contribution is -2.11. The second-order valence-corrected chi connectivity index (χ2v) is 11.8. The minimum atomic E-state index is -3.49. The van der Waals surface area contributed by atoms with Crippen molar-refractivity contribution in [3.8, 4) is 44.9 Å².